The number of methoxy groups -OCH3 is 2. The van der Waals surface area contributed by atoms with Gasteiger partial charge >= 0.3 is 0 Å². The van der Waals surface area contributed by atoms with E-state index < -0.39 is 0 Å². The van der Waals surface area contributed by atoms with Crippen LogP contribution in [0.5, 0.6) is 11.5 Å². The Bertz CT molecular complexity index is 817. The second-order valence-corrected chi connectivity index (χ2v) is 8.59. The van der Waals surface area contributed by atoms with Crippen LogP contribution in [-0.4, -0.2) is 74.0 Å². The highest BCUT2D eigenvalue weighted by Gasteiger charge is 2.35. The van der Waals surface area contributed by atoms with Crippen molar-refractivity contribution in [3.8, 4) is 11.5 Å². The van der Waals surface area contributed by atoms with Gasteiger partial charge in [0, 0.05) is 44.2 Å². The summed E-state index contributed by atoms with van der Waals surface area (Å²) in [6.45, 7) is 6.32. The molecule has 1 aromatic rings. The predicted molar refractivity (Wildman–Crippen MR) is 116 cm³/mol. The lowest BCUT2D eigenvalue weighted by atomic mass is 9.95. The fraction of sp³-hybridized carbons (Fsp3) is 0.609. The van der Waals surface area contributed by atoms with Gasteiger partial charge in [0.2, 0.25) is 11.8 Å². The third-order valence-corrected chi connectivity index (χ3v) is 6.25. The van der Waals surface area contributed by atoms with Crippen molar-refractivity contribution in [3.05, 3.63) is 23.8 Å². The lowest BCUT2D eigenvalue weighted by molar-refractivity contribution is -0.130. The summed E-state index contributed by atoms with van der Waals surface area (Å²) < 4.78 is 10.5. The second kappa shape index (κ2) is 10.0. The number of amides is 3. The number of nitrogens with one attached hydrogen (secondary N) is 1. The van der Waals surface area contributed by atoms with Crippen molar-refractivity contribution >= 4 is 17.7 Å². The maximum atomic E-state index is 12.9. The van der Waals surface area contributed by atoms with Crippen molar-refractivity contribution < 1.29 is 23.9 Å². The third-order valence-electron chi connectivity index (χ3n) is 6.25. The highest BCUT2D eigenvalue weighted by atomic mass is 16.5. The number of nitrogens with zero attached hydrogens (tertiary/aromatic N) is 2. The van der Waals surface area contributed by atoms with Gasteiger partial charge in [0.15, 0.2) is 11.5 Å². The molecule has 0 bridgehead atoms. The van der Waals surface area contributed by atoms with Crippen LogP contribution in [-0.2, 0) is 9.59 Å². The molecule has 0 aliphatic carbocycles. The maximum Gasteiger partial charge on any atom is 0.253 e. The minimum absolute atomic E-state index is 0.0262. The van der Waals surface area contributed by atoms with Crippen LogP contribution >= 0.6 is 0 Å². The fourth-order valence-corrected chi connectivity index (χ4v) is 4.29. The van der Waals surface area contributed by atoms with Gasteiger partial charge in [-0.2, -0.15) is 0 Å². The first-order valence-corrected chi connectivity index (χ1v) is 10.9. The topological polar surface area (TPSA) is 88.2 Å². The smallest absolute Gasteiger partial charge is 0.253 e. The summed E-state index contributed by atoms with van der Waals surface area (Å²) in [7, 11) is 3.11. The van der Waals surface area contributed by atoms with Gasteiger partial charge in [0.05, 0.1) is 20.1 Å². The summed E-state index contributed by atoms with van der Waals surface area (Å²) in [5.74, 6) is 1.18. The van der Waals surface area contributed by atoms with Crippen LogP contribution in [0.25, 0.3) is 0 Å². The average Bonchev–Trinajstić information content (AvgIpc) is 3.18. The van der Waals surface area contributed by atoms with E-state index in [9.17, 15) is 14.4 Å². The monoisotopic (exact) mass is 431 g/mol. The molecule has 3 amide bonds. The van der Waals surface area contributed by atoms with Crippen LogP contribution in [0.15, 0.2) is 18.2 Å². The molecule has 2 fully saturated rings. The van der Waals surface area contributed by atoms with Crippen LogP contribution in [0, 0.1) is 11.8 Å². The van der Waals surface area contributed by atoms with E-state index in [4.69, 9.17) is 9.47 Å². The number of ether oxygens (including phenoxy) is 2. The van der Waals surface area contributed by atoms with Crippen LogP contribution in [0.3, 0.4) is 0 Å². The Labute approximate surface area is 183 Å². The van der Waals surface area contributed by atoms with Crippen molar-refractivity contribution in [3.63, 3.8) is 0 Å². The molecule has 0 radical (unpaired) electrons. The van der Waals surface area contributed by atoms with E-state index in [1.807, 2.05) is 18.7 Å². The number of rotatable bonds is 7. The third kappa shape index (κ3) is 5.29. The van der Waals surface area contributed by atoms with Gasteiger partial charge in [-0.05, 0) is 50.8 Å². The summed E-state index contributed by atoms with van der Waals surface area (Å²) in [6, 6.07) is 5.32. The zero-order chi connectivity index (χ0) is 22.5. The SMILES string of the molecule is COc1ccc(C(=O)N2CCC(CNC(=O)C3CC(=O)N(C(C)C)C3)CC2)cc1OC. The molecule has 31 heavy (non-hydrogen) atoms. The number of piperidine rings is 1. The highest BCUT2D eigenvalue weighted by Crippen LogP contribution is 2.29. The van der Waals surface area contributed by atoms with Gasteiger partial charge < -0.3 is 24.6 Å². The van der Waals surface area contributed by atoms with Crippen molar-refractivity contribution in [1.82, 2.24) is 15.1 Å². The Morgan fingerprint density at radius 3 is 2.39 bits per heavy atom. The molecule has 2 heterocycles. The molecule has 1 unspecified atom stereocenters. The number of carbonyl (C=O) groups is 3. The highest BCUT2D eigenvalue weighted by molar-refractivity contribution is 5.95. The van der Waals surface area contributed by atoms with Crippen molar-refractivity contribution in [2.45, 2.75) is 39.2 Å². The second-order valence-electron chi connectivity index (χ2n) is 8.59. The van der Waals surface area contributed by atoms with Crippen molar-refractivity contribution in [1.29, 1.82) is 0 Å². The largest absolute Gasteiger partial charge is 0.493 e. The fourth-order valence-electron chi connectivity index (χ4n) is 4.29. The van der Waals surface area contributed by atoms with Gasteiger partial charge in [0.1, 0.15) is 0 Å². The lowest BCUT2D eigenvalue weighted by Gasteiger charge is -2.32. The zero-order valence-corrected chi connectivity index (χ0v) is 18.8. The maximum absolute atomic E-state index is 12.9. The van der Waals surface area contributed by atoms with E-state index in [0.717, 1.165) is 12.8 Å². The van der Waals surface area contributed by atoms with E-state index in [2.05, 4.69) is 5.32 Å². The first-order chi connectivity index (χ1) is 14.8. The lowest BCUT2D eigenvalue weighted by Crippen LogP contribution is -2.42. The van der Waals surface area contributed by atoms with Crippen LogP contribution in [0.1, 0.15) is 43.5 Å². The molecule has 2 aliphatic rings. The Morgan fingerprint density at radius 2 is 1.81 bits per heavy atom. The molecule has 170 valence electrons. The minimum Gasteiger partial charge on any atom is -0.493 e. The summed E-state index contributed by atoms with van der Waals surface area (Å²) in [6.07, 6.45) is 1.96. The van der Waals surface area contributed by atoms with Gasteiger partial charge in [-0.15, -0.1) is 0 Å². The molecule has 8 nitrogen and oxygen atoms in total. The number of hydrogen-bond acceptors (Lipinski definition) is 5. The van der Waals surface area contributed by atoms with Crippen LogP contribution in [0.2, 0.25) is 0 Å². The molecule has 8 heteroatoms. The number of hydrogen-bond donors (Lipinski definition) is 1. The van der Waals surface area contributed by atoms with E-state index >= 15 is 0 Å². The number of carbonyl (C=O) groups excluding carboxylic acids is 3. The Balaban J connectivity index is 1.46. The minimum atomic E-state index is -0.262. The van der Waals surface area contributed by atoms with Gasteiger partial charge in [0.25, 0.3) is 5.91 Å². The normalized spacial score (nSPS) is 19.6. The van der Waals surface area contributed by atoms with E-state index in [1.54, 1.807) is 37.3 Å². The molecule has 1 N–H and O–H groups in total. The summed E-state index contributed by atoms with van der Waals surface area (Å²) in [5.41, 5.74) is 0.574. The number of likely N-dealkylation sites (tertiary alicyclic amines) is 2. The average molecular weight is 432 g/mol. The first-order valence-electron chi connectivity index (χ1n) is 10.9. The Morgan fingerprint density at radius 1 is 1.13 bits per heavy atom. The molecule has 2 aliphatic heterocycles. The summed E-state index contributed by atoms with van der Waals surface area (Å²) >= 11 is 0. The molecule has 0 saturated carbocycles. The Hall–Kier alpha value is -2.77. The van der Waals surface area contributed by atoms with Crippen LogP contribution in [0.4, 0.5) is 0 Å². The first kappa shape index (κ1) is 22.9. The molecule has 1 atom stereocenters. The molecule has 1 aromatic carbocycles. The molecule has 0 spiro atoms. The van der Waals surface area contributed by atoms with E-state index in [-0.39, 0.29) is 29.7 Å². The zero-order valence-electron chi connectivity index (χ0n) is 18.8. The number of benzene rings is 1. The molecule has 2 saturated heterocycles. The Kier molecular flexibility index (Phi) is 7.41. The van der Waals surface area contributed by atoms with Gasteiger partial charge in [-0.1, -0.05) is 0 Å². The molecular formula is C23H33N3O5. The van der Waals surface area contributed by atoms with Crippen LogP contribution < -0.4 is 14.8 Å². The van der Waals surface area contributed by atoms with E-state index in [1.165, 1.54) is 0 Å². The summed E-state index contributed by atoms with van der Waals surface area (Å²) in [4.78, 5) is 41.0. The van der Waals surface area contributed by atoms with Crippen molar-refractivity contribution in [2.75, 3.05) is 40.4 Å². The molecule has 3 rings (SSSR count). The standard InChI is InChI=1S/C23H33N3O5/c1-15(2)26-14-18(12-21(26)27)22(28)24-13-16-7-9-25(10-8-16)23(29)17-5-6-19(30-3)20(11-17)31-4/h5-6,11,15-16,18H,7-10,12-14H2,1-4H3,(H,24,28). The van der Waals surface area contributed by atoms with Gasteiger partial charge in [-0.3, -0.25) is 14.4 Å². The van der Waals surface area contributed by atoms with E-state index in [0.29, 0.717) is 55.6 Å². The summed E-state index contributed by atoms with van der Waals surface area (Å²) in [5, 5.41) is 3.03. The molecular weight excluding hydrogens is 398 g/mol. The van der Waals surface area contributed by atoms with Gasteiger partial charge in [-0.25, -0.2) is 0 Å². The predicted octanol–water partition coefficient (Wildman–Crippen LogP) is 1.93. The quantitative estimate of drug-likeness (QED) is 0.713. The van der Waals surface area contributed by atoms with Crippen molar-refractivity contribution in [2.24, 2.45) is 11.8 Å². The molecule has 0 aromatic heterocycles.